The molecule has 1 aromatic rings. The molecule has 0 saturated heterocycles. The van der Waals surface area contributed by atoms with E-state index in [2.05, 4.69) is 0 Å². The maximum atomic E-state index is 12.3. The van der Waals surface area contributed by atoms with Crippen molar-refractivity contribution in [3.8, 4) is 0 Å². The van der Waals surface area contributed by atoms with Crippen LogP contribution in [0, 0.1) is 6.92 Å². The van der Waals surface area contributed by atoms with Gasteiger partial charge in [-0.3, -0.25) is 0 Å². The number of hydrogen-bond acceptors (Lipinski definition) is 4. The van der Waals surface area contributed by atoms with E-state index in [1.807, 2.05) is 6.92 Å². The van der Waals surface area contributed by atoms with Crippen molar-refractivity contribution in [2.45, 2.75) is 31.1 Å². The average Bonchev–Trinajstić information content (AvgIpc) is 2.33. The van der Waals surface area contributed by atoms with Gasteiger partial charge in [0, 0.05) is 25.9 Å². The Balaban J connectivity index is 2.79. The van der Waals surface area contributed by atoms with Crippen LogP contribution < -0.4 is 5.73 Å². The second-order valence-electron chi connectivity index (χ2n) is 4.69. The molecular formula is C13H22N2O3S. The van der Waals surface area contributed by atoms with Crippen molar-refractivity contribution in [2.75, 3.05) is 25.9 Å². The number of nitrogens with two attached hydrogens (primary N) is 1. The van der Waals surface area contributed by atoms with E-state index in [4.69, 9.17) is 10.8 Å². The Morgan fingerprint density at radius 2 is 1.89 bits per heavy atom. The molecule has 0 aliphatic rings. The summed E-state index contributed by atoms with van der Waals surface area (Å²) in [4.78, 5) is 0.231. The number of hydrogen-bond donors (Lipinski definition) is 2. The number of rotatable bonds is 7. The van der Waals surface area contributed by atoms with Crippen molar-refractivity contribution in [2.24, 2.45) is 0 Å². The normalized spacial score (nSPS) is 12.0. The third kappa shape index (κ3) is 4.49. The van der Waals surface area contributed by atoms with E-state index in [0.717, 1.165) is 18.4 Å². The Morgan fingerprint density at radius 1 is 1.21 bits per heavy atom. The van der Waals surface area contributed by atoms with E-state index in [9.17, 15) is 8.42 Å². The monoisotopic (exact) mass is 286 g/mol. The lowest BCUT2D eigenvalue weighted by molar-refractivity contribution is 0.281. The van der Waals surface area contributed by atoms with E-state index in [1.165, 1.54) is 10.4 Å². The Hall–Kier alpha value is -1.11. The molecular weight excluding hydrogens is 264 g/mol. The van der Waals surface area contributed by atoms with Crippen LogP contribution in [-0.2, 0) is 10.0 Å². The van der Waals surface area contributed by atoms with Crippen LogP contribution in [0.15, 0.2) is 23.1 Å². The summed E-state index contributed by atoms with van der Waals surface area (Å²) in [5.74, 6) is 0. The van der Waals surface area contributed by atoms with Gasteiger partial charge in [0.1, 0.15) is 0 Å². The van der Waals surface area contributed by atoms with Crippen molar-refractivity contribution in [3.05, 3.63) is 23.8 Å². The maximum Gasteiger partial charge on any atom is 0.242 e. The van der Waals surface area contributed by atoms with Crippen LogP contribution in [-0.4, -0.2) is 38.0 Å². The predicted molar refractivity (Wildman–Crippen MR) is 76.3 cm³/mol. The van der Waals surface area contributed by atoms with Gasteiger partial charge >= 0.3 is 0 Å². The zero-order valence-corrected chi connectivity index (χ0v) is 12.3. The molecule has 0 aromatic heterocycles. The van der Waals surface area contributed by atoms with Gasteiger partial charge in [-0.25, -0.2) is 12.7 Å². The van der Waals surface area contributed by atoms with Gasteiger partial charge in [-0.05, 0) is 49.9 Å². The lowest BCUT2D eigenvalue weighted by atomic mass is 10.2. The van der Waals surface area contributed by atoms with Crippen molar-refractivity contribution >= 4 is 15.7 Å². The highest BCUT2D eigenvalue weighted by molar-refractivity contribution is 7.89. The third-order valence-corrected chi connectivity index (χ3v) is 4.75. The molecule has 108 valence electrons. The molecule has 0 amide bonds. The summed E-state index contributed by atoms with van der Waals surface area (Å²) < 4.78 is 26.0. The fourth-order valence-corrected chi connectivity index (χ4v) is 3.20. The van der Waals surface area contributed by atoms with Crippen LogP contribution in [0.1, 0.15) is 24.8 Å². The number of unbranched alkanes of at least 4 members (excludes halogenated alkanes) is 2. The highest BCUT2D eigenvalue weighted by atomic mass is 32.2. The number of benzene rings is 1. The number of nitrogens with zero attached hydrogens (tertiary/aromatic N) is 1. The number of aliphatic hydroxyl groups excluding tert-OH is 1. The molecule has 0 spiro atoms. The van der Waals surface area contributed by atoms with Crippen LogP contribution in [0.3, 0.4) is 0 Å². The van der Waals surface area contributed by atoms with Gasteiger partial charge in [-0.1, -0.05) is 0 Å². The molecule has 0 saturated carbocycles. The molecule has 0 aliphatic carbocycles. The van der Waals surface area contributed by atoms with Crippen LogP contribution in [0.2, 0.25) is 0 Å². The molecule has 1 aromatic carbocycles. The number of nitrogen functional groups attached to an aromatic ring is 1. The first kappa shape index (κ1) is 15.9. The smallest absolute Gasteiger partial charge is 0.242 e. The lowest BCUT2D eigenvalue weighted by Crippen LogP contribution is -2.28. The second kappa shape index (κ2) is 6.88. The van der Waals surface area contributed by atoms with Crippen molar-refractivity contribution < 1.29 is 13.5 Å². The summed E-state index contributed by atoms with van der Waals surface area (Å²) in [5.41, 5.74) is 6.96. The molecule has 6 heteroatoms. The highest BCUT2D eigenvalue weighted by Gasteiger charge is 2.20. The minimum atomic E-state index is -3.48. The van der Waals surface area contributed by atoms with Crippen LogP contribution in [0.5, 0.6) is 0 Å². The van der Waals surface area contributed by atoms with Crippen LogP contribution >= 0.6 is 0 Å². The second-order valence-corrected chi connectivity index (χ2v) is 6.74. The Kier molecular flexibility index (Phi) is 5.78. The maximum absolute atomic E-state index is 12.3. The van der Waals surface area contributed by atoms with E-state index in [1.54, 1.807) is 19.2 Å². The number of sulfonamides is 1. The number of anilines is 1. The van der Waals surface area contributed by atoms with Gasteiger partial charge in [0.25, 0.3) is 0 Å². The van der Waals surface area contributed by atoms with Gasteiger partial charge in [0.2, 0.25) is 10.0 Å². The van der Waals surface area contributed by atoms with Crippen molar-refractivity contribution in [3.63, 3.8) is 0 Å². The van der Waals surface area contributed by atoms with Crippen molar-refractivity contribution in [1.29, 1.82) is 0 Å². The molecule has 0 unspecified atom stereocenters. The minimum Gasteiger partial charge on any atom is -0.399 e. The first-order valence-electron chi connectivity index (χ1n) is 6.32. The van der Waals surface area contributed by atoms with Gasteiger partial charge in [-0.15, -0.1) is 0 Å². The summed E-state index contributed by atoms with van der Waals surface area (Å²) in [7, 11) is -1.92. The molecule has 1 rings (SSSR count). The zero-order chi connectivity index (χ0) is 14.5. The quantitative estimate of drug-likeness (QED) is 0.585. The minimum absolute atomic E-state index is 0.144. The summed E-state index contributed by atoms with van der Waals surface area (Å²) >= 11 is 0. The Bertz CT molecular complexity index is 494. The van der Waals surface area contributed by atoms with E-state index in [0.29, 0.717) is 18.7 Å². The summed E-state index contributed by atoms with van der Waals surface area (Å²) in [6, 6.07) is 4.84. The molecule has 0 radical (unpaired) electrons. The fraction of sp³-hybridized carbons (Fsp3) is 0.538. The Morgan fingerprint density at radius 3 is 2.47 bits per heavy atom. The molecule has 19 heavy (non-hydrogen) atoms. The van der Waals surface area contributed by atoms with Gasteiger partial charge in [-0.2, -0.15) is 0 Å². The van der Waals surface area contributed by atoms with E-state index in [-0.39, 0.29) is 11.5 Å². The van der Waals surface area contributed by atoms with Gasteiger partial charge < -0.3 is 10.8 Å². The molecule has 0 fully saturated rings. The highest BCUT2D eigenvalue weighted by Crippen LogP contribution is 2.19. The van der Waals surface area contributed by atoms with E-state index < -0.39 is 10.0 Å². The third-order valence-electron chi connectivity index (χ3n) is 2.91. The molecule has 0 atom stereocenters. The first-order chi connectivity index (χ1) is 8.87. The SMILES string of the molecule is Cc1cc(N)cc(S(=O)(=O)N(C)CCCCCO)c1. The predicted octanol–water partition coefficient (Wildman–Crippen LogP) is 1.36. The molecule has 5 nitrogen and oxygen atoms in total. The lowest BCUT2D eigenvalue weighted by Gasteiger charge is -2.17. The molecule has 0 bridgehead atoms. The van der Waals surface area contributed by atoms with E-state index >= 15 is 0 Å². The largest absolute Gasteiger partial charge is 0.399 e. The summed E-state index contributed by atoms with van der Waals surface area (Å²) in [6.45, 7) is 2.40. The fourth-order valence-electron chi connectivity index (χ4n) is 1.85. The molecule has 0 aliphatic heterocycles. The molecule has 3 N–H and O–H groups in total. The summed E-state index contributed by atoms with van der Waals surface area (Å²) in [6.07, 6.45) is 2.25. The zero-order valence-electron chi connectivity index (χ0n) is 11.5. The summed E-state index contributed by atoms with van der Waals surface area (Å²) in [5, 5.41) is 8.68. The van der Waals surface area contributed by atoms with Gasteiger partial charge in [0.05, 0.1) is 4.90 Å². The number of aryl methyl sites for hydroxylation is 1. The van der Waals surface area contributed by atoms with Crippen LogP contribution in [0.4, 0.5) is 5.69 Å². The molecule has 0 heterocycles. The topological polar surface area (TPSA) is 83.6 Å². The standard InChI is InChI=1S/C13H22N2O3S/c1-11-8-12(14)10-13(9-11)19(17,18)15(2)6-4-3-5-7-16/h8-10,16H,3-7,14H2,1-2H3. The first-order valence-corrected chi connectivity index (χ1v) is 7.76. The van der Waals surface area contributed by atoms with Crippen molar-refractivity contribution in [1.82, 2.24) is 4.31 Å². The average molecular weight is 286 g/mol. The Labute approximate surface area is 115 Å². The number of aliphatic hydroxyl groups is 1. The van der Waals surface area contributed by atoms with Gasteiger partial charge in [0.15, 0.2) is 0 Å². The van der Waals surface area contributed by atoms with Crippen LogP contribution in [0.25, 0.3) is 0 Å².